The Morgan fingerprint density at radius 3 is 2.65 bits per heavy atom. The molecule has 0 saturated carbocycles. The average molecular weight is 537 g/mol. The zero-order valence-corrected chi connectivity index (χ0v) is 21.9. The number of halogens is 1. The number of aromatic nitrogens is 5. The molecule has 1 unspecified atom stereocenters. The second kappa shape index (κ2) is 8.49. The van der Waals surface area contributed by atoms with Gasteiger partial charge in [-0.1, -0.05) is 36.7 Å². The Bertz CT molecular complexity index is 1620. The molecule has 0 radical (unpaired) electrons. The van der Waals surface area contributed by atoms with E-state index in [1.165, 1.54) is 9.08 Å². The topological polar surface area (TPSA) is 115 Å². The lowest BCUT2D eigenvalue weighted by Crippen LogP contribution is -2.64. The van der Waals surface area contributed by atoms with Crippen LogP contribution in [0.5, 0.6) is 0 Å². The fraction of sp³-hybridized carbons (Fsp3) is 0.320. The molecule has 37 heavy (non-hydrogen) atoms. The van der Waals surface area contributed by atoms with E-state index < -0.39 is 4.87 Å². The van der Waals surface area contributed by atoms with Crippen molar-refractivity contribution < 1.29 is 4.79 Å². The fourth-order valence-electron chi connectivity index (χ4n) is 5.28. The molecule has 2 aliphatic rings. The zero-order valence-electron chi connectivity index (χ0n) is 20.3. The van der Waals surface area contributed by atoms with Gasteiger partial charge in [-0.25, -0.2) is 9.50 Å². The standard InChI is InChI=1S/C25H25ClN8O2S/c1-3-31-11-10-17-18(21(31)35)20(29-24(27)28-17)32-13-14(2)25(32,37)23-30-33-12-9-16(26)19(33)22(36)34(23)15-7-5-4-6-8-15/h4-9,12,14,37H,3,10-11,13H2,1-2H3,(H2,27,28,29)/t14-,25?/m0/s1. The van der Waals surface area contributed by atoms with Crippen LogP contribution < -0.4 is 16.2 Å². The van der Waals surface area contributed by atoms with Crippen molar-refractivity contribution in [2.45, 2.75) is 25.1 Å². The van der Waals surface area contributed by atoms with E-state index in [4.69, 9.17) is 35.1 Å². The molecule has 190 valence electrons. The summed E-state index contributed by atoms with van der Waals surface area (Å²) < 4.78 is 3.02. The maximum absolute atomic E-state index is 13.8. The minimum Gasteiger partial charge on any atom is -0.368 e. The van der Waals surface area contributed by atoms with Gasteiger partial charge in [-0.3, -0.25) is 14.2 Å². The summed E-state index contributed by atoms with van der Waals surface area (Å²) in [6.45, 7) is 5.64. The maximum Gasteiger partial charge on any atom is 0.284 e. The van der Waals surface area contributed by atoms with Gasteiger partial charge in [0.05, 0.1) is 16.4 Å². The smallest absolute Gasteiger partial charge is 0.284 e. The van der Waals surface area contributed by atoms with E-state index in [9.17, 15) is 9.59 Å². The van der Waals surface area contributed by atoms with Gasteiger partial charge in [-0.15, -0.1) is 12.6 Å². The summed E-state index contributed by atoms with van der Waals surface area (Å²) >= 11 is 11.5. The monoisotopic (exact) mass is 536 g/mol. The lowest BCUT2D eigenvalue weighted by Gasteiger charge is -2.55. The van der Waals surface area contributed by atoms with E-state index in [1.807, 2.05) is 49.1 Å². The fourth-order valence-corrected chi connectivity index (χ4v) is 5.91. The van der Waals surface area contributed by atoms with Gasteiger partial charge >= 0.3 is 0 Å². The third-order valence-electron chi connectivity index (χ3n) is 7.28. The van der Waals surface area contributed by atoms with Crippen molar-refractivity contribution in [3.05, 3.63) is 75.1 Å². The highest BCUT2D eigenvalue weighted by atomic mass is 35.5. The number of nitrogen functional groups attached to an aromatic ring is 1. The third-order valence-corrected chi connectivity index (χ3v) is 8.46. The van der Waals surface area contributed by atoms with Crippen LogP contribution in [0.15, 0.2) is 47.4 Å². The summed E-state index contributed by atoms with van der Waals surface area (Å²) in [6.07, 6.45) is 2.23. The average Bonchev–Trinajstić information content (AvgIpc) is 3.27. The van der Waals surface area contributed by atoms with Crippen LogP contribution in [0.3, 0.4) is 0 Å². The summed E-state index contributed by atoms with van der Waals surface area (Å²) in [4.78, 5) is 38.8. The third kappa shape index (κ3) is 3.37. The molecule has 1 fully saturated rings. The molecule has 3 aromatic heterocycles. The molecule has 0 aliphatic carbocycles. The van der Waals surface area contributed by atoms with Crippen LogP contribution in [0.1, 0.15) is 35.7 Å². The first kappa shape index (κ1) is 23.8. The number of anilines is 2. The van der Waals surface area contributed by atoms with Gasteiger partial charge in [0.25, 0.3) is 11.5 Å². The molecule has 0 spiro atoms. The molecule has 12 heteroatoms. The van der Waals surface area contributed by atoms with Gasteiger partial charge in [0.15, 0.2) is 5.82 Å². The predicted molar refractivity (Wildman–Crippen MR) is 145 cm³/mol. The number of benzene rings is 1. The minimum atomic E-state index is -1.09. The Labute approximate surface area is 223 Å². The zero-order chi connectivity index (χ0) is 26.1. The molecule has 2 N–H and O–H groups in total. The summed E-state index contributed by atoms with van der Waals surface area (Å²) in [5.74, 6) is 0.664. The van der Waals surface area contributed by atoms with Crippen LogP contribution in [-0.2, 0) is 11.3 Å². The van der Waals surface area contributed by atoms with Gasteiger partial charge in [0.2, 0.25) is 5.95 Å². The number of thiol groups is 1. The van der Waals surface area contributed by atoms with Crippen molar-refractivity contribution in [3.63, 3.8) is 0 Å². The SMILES string of the molecule is CCN1CCc2nc(N)nc(N3C[C@H](C)C3(S)c3nn4ccc(Cl)c4c(=O)n3-c3ccccc3)c2C1=O. The van der Waals surface area contributed by atoms with Gasteiger partial charge in [0.1, 0.15) is 21.8 Å². The normalized spacial score (nSPS) is 21.3. The summed E-state index contributed by atoms with van der Waals surface area (Å²) in [6, 6.07) is 10.9. The number of amides is 1. The van der Waals surface area contributed by atoms with Crippen molar-refractivity contribution in [3.8, 4) is 5.69 Å². The molecule has 1 aromatic carbocycles. The predicted octanol–water partition coefficient (Wildman–Crippen LogP) is 2.77. The molecule has 6 rings (SSSR count). The van der Waals surface area contributed by atoms with E-state index >= 15 is 0 Å². The number of rotatable bonds is 4. The lowest BCUT2D eigenvalue weighted by molar-refractivity contribution is 0.0746. The van der Waals surface area contributed by atoms with Gasteiger partial charge in [0, 0.05) is 38.2 Å². The van der Waals surface area contributed by atoms with E-state index in [2.05, 4.69) is 9.97 Å². The molecule has 4 aromatic rings. The number of carbonyl (C=O) groups excluding carboxylic acids is 1. The maximum atomic E-state index is 13.8. The van der Waals surface area contributed by atoms with E-state index in [0.29, 0.717) is 59.7 Å². The second-order valence-corrected chi connectivity index (χ2v) is 10.4. The number of carbonyl (C=O) groups is 1. The molecule has 1 saturated heterocycles. The molecule has 1 amide bonds. The summed E-state index contributed by atoms with van der Waals surface area (Å²) in [5, 5.41) is 5.15. The number of nitrogens with two attached hydrogens (primary N) is 1. The van der Waals surface area contributed by atoms with E-state index in [1.54, 1.807) is 17.2 Å². The highest BCUT2D eigenvalue weighted by Crippen LogP contribution is 2.51. The van der Waals surface area contributed by atoms with Gasteiger partial charge < -0.3 is 15.5 Å². The van der Waals surface area contributed by atoms with Gasteiger partial charge in [-0.05, 0) is 25.1 Å². The van der Waals surface area contributed by atoms with E-state index in [0.717, 1.165) is 0 Å². The lowest BCUT2D eigenvalue weighted by atomic mass is 9.87. The molecule has 5 heterocycles. The van der Waals surface area contributed by atoms with Gasteiger partial charge in [-0.2, -0.15) is 10.1 Å². The number of hydrogen-bond donors (Lipinski definition) is 2. The highest BCUT2D eigenvalue weighted by molar-refractivity contribution is 7.81. The van der Waals surface area contributed by atoms with Crippen LogP contribution in [-0.4, -0.2) is 54.6 Å². The first-order valence-corrected chi connectivity index (χ1v) is 12.9. The molecular formula is C25H25ClN8O2S. The largest absolute Gasteiger partial charge is 0.368 e. The Morgan fingerprint density at radius 1 is 1.19 bits per heavy atom. The first-order valence-electron chi connectivity index (χ1n) is 12.1. The van der Waals surface area contributed by atoms with Crippen LogP contribution in [0.25, 0.3) is 11.2 Å². The molecule has 2 atom stereocenters. The summed E-state index contributed by atoms with van der Waals surface area (Å²) in [7, 11) is 0. The quantitative estimate of drug-likeness (QED) is 0.385. The first-order chi connectivity index (χ1) is 17.8. The molecule has 0 bridgehead atoms. The van der Waals surface area contributed by atoms with Crippen LogP contribution in [0.4, 0.5) is 11.8 Å². The Hall–Kier alpha value is -3.57. The number of nitrogens with zero attached hydrogens (tertiary/aromatic N) is 7. The van der Waals surface area contributed by atoms with Crippen molar-refractivity contribution in [2.75, 3.05) is 30.3 Å². The highest BCUT2D eigenvalue weighted by Gasteiger charge is 2.55. The number of fused-ring (bicyclic) bond motifs is 2. The van der Waals surface area contributed by atoms with Crippen LogP contribution in [0, 0.1) is 5.92 Å². The van der Waals surface area contributed by atoms with Crippen LogP contribution in [0.2, 0.25) is 5.02 Å². The number of hydrogen-bond acceptors (Lipinski definition) is 8. The van der Waals surface area contributed by atoms with Crippen molar-refractivity contribution in [2.24, 2.45) is 5.92 Å². The van der Waals surface area contributed by atoms with E-state index in [-0.39, 0.29) is 28.8 Å². The Kier molecular flexibility index (Phi) is 5.46. The van der Waals surface area contributed by atoms with Crippen LogP contribution >= 0.6 is 24.2 Å². The Balaban J connectivity index is 1.61. The number of para-hydroxylation sites is 1. The van der Waals surface area contributed by atoms with Crippen molar-refractivity contribution in [1.82, 2.24) is 29.0 Å². The summed E-state index contributed by atoms with van der Waals surface area (Å²) in [5.41, 5.74) is 7.72. The molecule has 10 nitrogen and oxygen atoms in total. The van der Waals surface area contributed by atoms with Crippen molar-refractivity contribution >= 4 is 47.4 Å². The second-order valence-electron chi connectivity index (χ2n) is 9.36. The Morgan fingerprint density at radius 2 is 1.95 bits per heavy atom. The molecule has 2 aliphatic heterocycles. The molecular weight excluding hydrogens is 512 g/mol. The minimum absolute atomic E-state index is 0.0611. The van der Waals surface area contributed by atoms with Crippen molar-refractivity contribution in [1.29, 1.82) is 0 Å². The number of likely N-dealkylation sites (N-methyl/N-ethyl adjacent to an activating group) is 1.